The van der Waals surface area contributed by atoms with Crippen molar-refractivity contribution in [2.45, 2.75) is 19.4 Å². The van der Waals surface area contributed by atoms with Crippen molar-refractivity contribution in [3.05, 3.63) is 35.9 Å². The van der Waals surface area contributed by atoms with E-state index in [1.165, 1.54) is 7.11 Å². The standard InChI is InChI=1S/C16H21NO5/c1-21-12-16(14(18)19)7-9-17(10-8-16)15(20)22-11-13-5-3-2-4-6-13/h2-6H,7-12H2,1H3,(H,18,19). The lowest BCUT2D eigenvalue weighted by atomic mass is 9.79. The highest BCUT2D eigenvalue weighted by molar-refractivity contribution is 5.76. The predicted octanol–water partition coefficient (Wildman–Crippen LogP) is 2.14. The molecule has 120 valence electrons. The van der Waals surface area contributed by atoms with Gasteiger partial charge in [0.1, 0.15) is 6.61 Å². The summed E-state index contributed by atoms with van der Waals surface area (Å²) < 4.78 is 10.3. The molecule has 1 aromatic rings. The number of rotatable bonds is 5. The van der Waals surface area contributed by atoms with E-state index in [0.717, 1.165) is 5.56 Å². The first-order chi connectivity index (χ1) is 10.6. The van der Waals surface area contributed by atoms with E-state index in [-0.39, 0.29) is 13.2 Å². The van der Waals surface area contributed by atoms with Crippen LogP contribution in [0.25, 0.3) is 0 Å². The van der Waals surface area contributed by atoms with E-state index in [1.807, 2.05) is 30.3 Å². The van der Waals surface area contributed by atoms with E-state index >= 15 is 0 Å². The number of aliphatic carboxylic acids is 1. The van der Waals surface area contributed by atoms with E-state index in [1.54, 1.807) is 4.90 Å². The highest BCUT2D eigenvalue weighted by Crippen LogP contribution is 2.32. The first-order valence-corrected chi connectivity index (χ1v) is 7.25. The van der Waals surface area contributed by atoms with Gasteiger partial charge in [0, 0.05) is 20.2 Å². The van der Waals surface area contributed by atoms with Crippen LogP contribution in [0.3, 0.4) is 0 Å². The molecule has 2 rings (SSSR count). The van der Waals surface area contributed by atoms with Crippen LogP contribution in [-0.4, -0.2) is 48.9 Å². The molecule has 0 spiro atoms. The number of carbonyl (C=O) groups is 2. The van der Waals surface area contributed by atoms with Crippen molar-refractivity contribution in [2.75, 3.05) is 26.8 Å². The lowest BCUT2D eigenvalue weighted by Gasteiger charge is -2.37. The fourth-order valence-electron chi connectivity index (χ4n) is 2.62. The van der Waals surface area contributed by atoms with Gasteiger partial charge >= 0.3 is 12.1 Å². The molecule has 1 aliphatic heterocycles. The number of carboxylic acid groups (broad SMARTS) is 1. The van der Waals surface area contributed by atoms with Gasteiger partial charge in [-0.25, -0.2) is 4.79 Å². The molecule has 0 saturated carbocycles. The topological polar surface area (TPSA) is 76.1 Å². The molecule has 0 radical (unpaired) electrons. The first-order valence-electron chi connectivity index (χ1n) is 7.25. The number of hydrogen-bond donors (Lipinski definition) is 1. The monoisotopic (exact) mass is 307 g/mol. The quantitative estimate of drug-likeness (QED) is 0.902. The van der Waals surface area contributed by atoms with Crippen LogP contribution in [0, 0.1) is 5.41 Å². The van der Waals surface area contributed by atoms with Gasteiger partial charge in [0.05, 0.1) is 12.0 Å². The molecule has 1 N–H and O–H groups in total. The van der Waals surface area contributed by atoms with Gasteiger partial charge in [0.25, 0.3) is 0 Å². The summed E-state index contributed by atoms with van der Waals surface area (Å²) in [4.78, 5) is 25.0. The maximum atomic E-state index is 12.0. The minimum Gasteiger partial charge on any atom is -0.481 e. The summed E-state index contributed by atoms with van der Waals surface area (Å²) in [7, 11) is 1.49. The predicted molar refractivity (Wildman–Crippen MR) is 79.4 cm³/mol. The van der Waals surface area contributed by atoms with Gasteiger partial charge in [0.15, 0.2) is 0 Å². The van der Waals surface area contributed by atoms with Crippen LogP contribution in [0.15, 0.2) is 30.3 Å². The second kappa shape index (κ2) is 7.26. The average Bonchev–Trinajstić information content (AvgIpc) is 2.54. The van der Waals surface area contributed by atoms with Gasteiger partial charge in [0.2, 0.25) is 0 Å². The third-order valence-electron chi connectivity index (χ3n) is 4.06. The van der Waals surface area contributed by atoms with Crippen LogP contribution >= 0.6 is 0 Å². The number of nitrogens with zero attached hydrogens (tertiary/aromatic N) is 1. The summed E-state index contributed by atoms with van der Waals surface area (Å²) in [5.41, 5.74) is 0.0254. The first kappa shape index (κ1) is 16.3. The van der Waals surface area contributed by atoms with Crippen molar-refractivity contribution in [1.29, 1.82) is 0 Å². The van der Waals surface area contributed by atoms with Crippen LogP contribution in [0.4, 0.5) is 4.79 Å². The van der Waals surface area contributed by atoms with Crippen LogP contribution in [0.5, 0.6) is 0 Å². The van der Waals surface area contributed by atoms with Crippen molar-refractivity contribution in [3.63, 3.8) is 0 Å². The Labute approximate surface area is 129 Å². The Morgan fingerprint density at radius 1 is 1.23 bits per heavy atom. The minimum absolute atomic E-state index is 0.162. The molecule has 6 heteroatoms. The van der Waals surface area contributed by atoms with Crippen LogP contribution in [-0.2, 0) is 20.9 Å². The molecule has 1 aliphatic rings. The van der Waals surface area contributed by atoms with Crippen molar-refractivity contribution < 1.29 is 24.2 Å². The van der Waals surface area contributed by atoms with Gasteiger partial charge < -0.3 is 19.5 Å². The fraction of sp³-hybridized carbons (Fsp3) is 0.500. The maximum Gasteiger partial charge on any atom is 0.410 e. The Hall–Kier alpha value is -2.08. The molecule has 0 aliphatic carbocycles. The Balaban J connectivity index is 1.85. The molecule has 0 bridgehead atoms. The SMILES string of the molecule is COCC1(C(=O)O)CCN(C(=O)OCc2ccccc2)CC1. The normalized spacial score (nSPS) is 17.0. The van der Waals surface area contributed by atoms with Gasteiger partial charge in [-0.2, -0.15) is 0 Å². The highest BCUT2D eigenvalue weighted by Gasteiger charge is 2.42. The van der Waals surface area contributed by atoms with Gasteiger partial charge in [-0.05, 0) is 18.4 Å². The van der Waals surface area contributed by atoms with Gasteiger partial charge in [-0.15, -0.1) is 0 Å². The van der Waals surface area contributed by atoms with Crippen molar-refractivity contribution in [2.24, 2.45) is 5.41 Å². The smallest absolute Gasteiger partial charge is 0.410 e. The van der Waals surface area contributed by atoms with E-state index in [2.05, 4.69) is 0 Å². The van der Waals surface area contributed by atoms with Crippen LogP contribution in [0.1, 0.15) is 18.4 Å². The third kappa shape index (κ3) is 3.76. The number of carbonyl (C=O) groups excluding carboxylic acids is 1. The molecule has 0 atom stereocenters. The summed E-state index contributed by atoms with van der Waals surface area (Å²) in [6, 6.07) is 9.44. The molecular weight excluding hydrogens is 286 g/mol. The van der Waals surface area contributed by atoms with Crippen molar-refractivity contribution >= 4 is 12.1 Å². The molecule has 1 heterocycles. The molecule has 0 unspecified atom stereocenters. The molecule has 1 aromatic carbocycles. The van der Waals surface area contributed by atoms with E-state index in [0.29, 0.717) is 25.9 Å². The molecule has 1 fully saturated rings. The summed E-state index contributed by atoms with van der Waals surface area (Å²) in [5.74, 6) is -0.869. The molecule has 1 amide bonds. The Bertz CT molecular complexity index is 509. The lowest BCUT2D eigenvalue weighted by molar-refractivity contribution is -0.155. The summed E-state index contributed by atoms with van der Waals surface area (Å²) in [5, 5.41) is 9.38. The minimum atomic E-state index is -0.898. The zero-order valence-electron chi connectivity index (χ0n) is 12.7. The molecule has 0 aromatic heterocycles. The number of ether oxygens (including phenoxy) is 2. The number of hydrogen-bond acceptors (Lipinski definition) is 4. The third-order valence-corrected chi connectivity index (χ3v) is 4.06. The van der Waals surface area contributed by atoms with Crippen LogP contribution < -0.4 is 0 Å². The molecule has 6 nitrogen and oxygen atoms in total. The maximum absolute atomic E-state index is 12.0. The Morgan fingerprint density at radius 3 is 2.41 bits per heavy atom. The summed E-state index contributed by atoms with van der Waals surface area (Å²) in [6.45, 7) is 1.11. The number of amides is 1. The second-order valence-electron chi connectivity index (χ2n) is 5.55. The number of piperidine rings is 1. The van der Waals surface area contributed by atoms with Gasteiger partial charge in [-0.1, -0.05) is 30.3 Å². The number of likely N-dealkylation sites (tertiary alicyclic amines) is 1. The summed E-state index contributed by atoms with van der Waals surface area (Å²) >= 11 is 0. The van der Waals surface area contributed by atoms with Crippen LogP contribution in [0.2, 0.25) is 0 Å². The highest BCUT2D eigenvalue weighted by atomic mass is 16.6. The lowest BCUT2D eigenvalue weighted by Crippen LogP contribution is -2.48. The zero-order chi connectivity index (χ0) is 16.0. The Morgan fingerprint density at radius 2 is 1.86 bits per heavy atom. The number of benzene rings is 1. The number of carboxylic acids is 1. The molecule has 1 saturated heterocycles. The fourth-order valence-corrected chi connectivity index (χ4v) is 2.62. The van der Waals surface area contributed by atoms with Gasteiger partial charge in [-0.3, -0.25) is 4.79 Å². The Kier molecular flexibility index (Phi) is 5.38. The zero-order valence-corrected chi connectivity index (χ0v) is 12.7. The van der Waals surface area contributed by atoms with Crippen molar-refractivity contribution in [3.8, 4) is 0 Å². The second-order valence-corrected chi connectivity index (χ2v) is 5.55. The largest absolute Gasteiger partial charge is 0.481 e. The summed E-state index contributed by atoms with van der Waals surface area (Å²) in [6.07, 6.45) is 0.341. The molecular formula is C16H21NO5. The van der Waals surface area contributed by atoms with Crippen molar-refractivity contribution in [1.82, 2.24) is 4.90 Å². The van der Waals surface area contributed by atoms with E-state index in [9.17, 15) is 14.7 Å². The van der Waals surface area contributed by atoms with E-state index < -0.39 is 17.5 Å². The number of methoxy groups -OCH3 is 1. The molecule has 22 heavy (non-hydrogen) atoms. The average molecular weight is 307 g/mol. The van der Waals surface area contributed by atoms with E-state index in [4.69, 9.17) is 9.47 Å².